The molecule has 0 radical (unpaired) electrons. The molecule has 1 aromatic carbocycles. The Morgan fingerprint density at radius 2 is 1.69 bits per heavy atom. The van der Waals surface area contributed by atoms with Crippen molar-refractivity contribution in [3.05, 3.63) is 66.0 Å². The number of hydrogen-bond acceptors (Lipinski definition) is 14. The van der Waals surface area contributed by atoms with E-state index in [2.05, 4.69) is 21.2 Å². The second kappa shape index (κ2) is 15.6. The third-order valence-electron chi connectivity index (χ3n) is 7.94. The van der Waals surface area contributed by atoms with Gasteiger partial charge in [0, 0.05) is 0 Å². The highest BCUT2D eigenvalue weighted by molar-refractivity contribution is 7.52. The van der Waals surface area contributed by atoms with Gasteiger partial charge in [0.2, 0.25) is 12.2 Å². The molecule has 0 spiro atoms. The van der Waals surface area contributed by atoms with Gasteiger partial charge in [-0.05, 0) is 49.1 Å². The Morgan fingerprint density at radius 1 is 1.06 bits per heavy atom. The molecule has 1 fully saturated rings. The molecule has 3 aromatic rings. The SMILES string of the molecule is CCOC(=O)[C@H](C)NP(=O)(O/C=C1/O[C@@](C#N)(c2ccc3c(N)ncnn23)[C@H](OC(=O)C(C)C)[C@@H]1OC(=O)C(C)C)Oc1ccc(C(C)(C)C)cc1. The Kier molecular flexibility index (Phi) is 11.9. The molecule has 16 nitrogen and oxygen atoms in total. The molecule has 1 unspecified atom stereocenters. The predicted octanol–water partition coefficient (Wildman–Crippen LogP) is 5.08. The van der Waals surface area contributed by atoms with Crippen LogP contribution in [0.4, 0.5) is 5.82 Å². The Hall–Kier alpha value is -5.13. The average Bonchev–Trinajstić information content (AvgIpc) is 3.64. The van der Waals surface area contributed by atoms with Gasteiger partial charge in [-0.1, -0.05) is 60.6 Å². The smallest absolute Gasteiger partial charge is 0.465 e. The van der Waals surface area contributed by atoms with E-state index in [9.17, 15) is 24.2 Å². The first kappa shape index (κ1) is 39.7. The number of rotatable bonds is 13. The number of ether oxygens (including phenoxy) is 4. The molecular weight excluding hydrogens is 695 g/mol. The maximum atomic E-state index is 14.4. The van der Waals surface area contributed by atoms with Crippen LogP contribution in [-0.2, 0) is 53.4 Å². The van der Waals surface area contributed by atoms with Crippen LogP contribution in [0.3, 0.4) is 0 Å². The lowest BCUT2D eigenvalue weighted by Gasteiger charge is -2.28. The zero-order chi connectivity index (χ0) is 38.6. The second-order valence-electron chi connectivity index (χ2n) is 13.7. The molecule has 280 valence electrons. The van der Waals surface area contributed by atoms with E-state index in [4.69, 9.17) is 33.7 Å². The van der Waals surface area contributed by atoms with Crippen molar-refractivity contribution in [1.29, 1.82) is 5.26 Å². The molecule has 3 heterocycles. The van der Waals surface area contributed by atoms with Gasteiger partial charge in [-0.15, -0.1) is 0 Å². The highest BCUT2D eigenvalue weighted by atomic mass is 31.2. The van der Waals surface area contributed by atoms with Gasteiger partial charge in [0.25, 0.3) is 5.60 Å². The van der Waals surface area contributed by atoms with Crippen molar-refractivity contribution in [2.45, 2.75) is 91.6 Å². The lowest BCUT2D eigenvalue weighted by Crippen LogP contribution is -2.46. The number of carbonyl (C=O) groups excluding carboxylic acids is 3. The van der Waals surface area contributed by atoms with E-state index >= 15 is 0 Å². The Morgan fingerprint density at radius 3 is 2.27 bits per heavy atom. The van der Waals surface area contributed by atoms with Gasteiger partial charge in [-0.2, -0.15) is 15.4 Å². The quantitative estimate of drug-likeness (QED) is 0.101. The van der Waals surface area contributed by atoms with Gasteiger partial charge in [0.15, 0.2) is 11.6 Å². The number of fused-ring (bicyclic) bond motifs is 1. The predicted molar refractivity (Wildman–Crippen MR) is 187 cm³/mol. The minimum absolute atomic E-state index is 0.0436. The zero-order valence-electron chi connectivity index (χ0n) is 30.6. The highest BCUT2D eigenvalue weighted by Gasteiger charge is 2.62. The lowest BCUT2D eigenvalue weighted by atomic mass is 9.87. The van der Waals surface area contributed by atoms with Crippen molar-refractivity contribution in [3.63, 3.8) is 0 Å². The largest absolute Gasteiger partial charge is 0.513 e. The van der Waals surface area contributed by atoms with Crippen molar-refractivity contribution in [2.24, 2.45) is 11.8 Å². The molecule has 4 rings (SSSR count). The first-order valence-electron chi connectivity index (χ1n) is 16.7. The van der Waals surface area contributed by atoms with Crippen LogP contribution in [0.25, 0.3) is 5.52 Å². The molecule has 52 heavy (non-hydrogen) atoms. The monoisotopic (exact) mass is 740 g/mol. The first-order chi connectivity index (χ1) is 24.4. The minimum atomic E-state index is -4.56. The number of nitrogen functional groups attached to an aromatic ring is 1. The number of nitriles is 1. The molecular formula is C35H45N6O10P. The summed E-state index contributed by atoms with van der Waals surface area (Å²) < 4.78 is 50.4. The lowest BCUT2D eigenvalue weighted by molar-refractivity contribution is -0.172. The fourth-order valence-corrected chi connectivity index (χ4v) is 6.41. The summed E-state index contributed by atoms with van der Waals surface area (Å²) in [5.41, 5.74) is 4.97. The third kappa shape index (κ3) is 8.49. The zero-order valence-corrected chi connectivity index (χ0v) is 31.5. The molecule has 1 saturated heterocycles. The molecule has 2 aromatic heterocycles. The number of nitrogens with zero attached hydrogens (tertiary/aromatic N) is 4. The van der Waals surface area contributed by atoms with Crippen LogP contribution in [-0.4, -0.2) is 57.4 Å². The van der Waals surface area contributed by atoms with E-state index in [1.807, 2.05) is 20.8 Å². The molecule has 5 atom stereocenters. The topological polar surface area (TPSA) is 216 Å². The van der Waals surface area contributed by atoms with Crippen molar-refractivity contribution >= 4 is 37.0 Å². The molecule has 1 aliphatic rings. The van der Waals surface area contributed by atoms with E-state index in [0.717, 1.165) is 18.2 Å². The Labute approximate surface area is 302 Å². The van der Waals surface area contributed by atoms with Crippen molar-refractivity contribution < 1.29 is 46.9 Å². The number of nitrogens with two attached hydrogens (primary N) is 1. The van der Waals surface area contributed by atoms with Crippen LogP contribution < -0.4 is 15.3 Å². The van der Waals surface area contributed by atoms with E-state index in [1.54, 1.807) is 58.9 Å². The molecule has 1 aliphatic heterocycles. The molecule has 0 saturated carbocycles. The number of anilines is 1. The van der Waals surface area contributed by atoms with Gasteiger partial charge in [-0.3, -0.25) is 14.4 Å². The fraction of sp³-hybridized carbons (Fsp3) is 0.486. The van der Waals surface area contributed by atoms with Gasteiger partial charge in [0.1, 0.15) is 41.7 Å². The maximum absolute atomic E-state index is 14.4. The van der Waals surface area contributed by atoms with Crippen LogP contribution in [0.1, 0.15) is 73.6 Å². The van der Waals surface area contributed by atoms with Gasteiger partial charge >= 0.3 is 25.7 Å². The number of nitrogens with one attached hydrogen (secondary N) is 1. The van der Waals surface area contributed by atoms with Crippen molar-refractivity contribution in [3.8, 4) is 11.8 Å². The maximum Gasteiger partial charge on any atom is 0.513 e. The summed E-state index contributed by atoms with van der Waals surface area (Å²) in [5.74, 6) is -3.72. The summed E-state index contributed by atoms with van der Waals surface area (Å²) >= 11 is 0. The van der Waals surface area contributed by atoms with Gasteiger partial charge in [-0.25, -0.2) is 14.1 Å². The summed E-state index contributed by atoms with van der Waals surface area (Å²) in [5, 5.41) is 17.6. The van der Waals surface area contributed by atoms with E-state index in [0.29, 0.717) is 5.52 Å². The first-order valence-corrected chi connectivity index (χ1v) is 18.2. The van der Waals surface area contributed by atoms with Crippen LogP contribution >= 0.6 is 7.75 Å². The second-order valence-corrected chi connectivity index (χ2v) is 15.4. The summed E-state index contributed by atoms with van der Waals surface area (Å²) in [4.78, 5) is 42.9. The number of esters is 3. The van der Waals surface area contributed by atoms with E-state index in [-0.39, 0.29) is 35.0 Å². The number of carbonyl (C=O) groups is 3. The van der Waals surface area contributed by atoms with E-state index < -0.39 is 61.3 Å². The van der Waals surface area contributed by atoms with Crippen LogP contribution in [0.2, 0.25) is 0 Å². The number of benzene rings is 1. The van der Waals surface area contributed by atoms with Crippen molar-refractivity contribution in [1.82, 2.24) is 19.7 Å². The molecule has 17 heteroatoms. The standard InChI is InChI=1S/C35H45N6O10P/c1-10-46-33(44)22(6)40-52(45,51-24-13-11-23(12-14-24)34(7,8)9)47-17-26-28(48-31(42)20(2)3)29(49-32(43)21(4)5)35(18-36,50-26)27-16-15-25-30(37)38-19-39-41(25)27/h11-17,19-22,28-29H,10H2,1-9H3,(H,40,45)(H2,37,38,39)/b26-17+/t22-,28+,29+,35-,52?/m0/s1. The van der Waals surface area contributed by atoms with Gasteiger partial charge in [0.05, 0.1) is 18.4 Å². The minimum Gasteiger partial charge on any atom is -0.465 e. The number of hydrogen-bond donors (Lipinski definition) is 2. The third-order valence-corrected chi connectivity index (χ3v) is 9.48. The normalized spacial score (nSPS) is 21.2. The molecule has 0 aliphatic carbocycles. The summed E-state index contributed by atoms with van der Waals surface area (Å²) in [6.45, 7) is 15.5. The van der Waals surface area contributed by atoms with Crippen molar-refractivity contribution in [2.75, 3.05) is 12.3 Å². The molecule has 0 bridgehead atoms. The summed E-state index contributed by atoms with van der Waals surface area (Å²) in [6.07, 6.45) is -1.25. The Balaban J connectivity index is 1.87. The number of aromatic nitrogens is 3. The fourth-order valence-electron chi connectivity index (χ4n) is 5.03. The summed E-state index contributed by atoms with van der Waals surface area (Å²) in [7, 11) is -4.56. The molecule has 3 N–H and O–H groups in total. The van der Waals surface area contributed by atoms with Gasteiger partial charge < -0.3 is 33.7 Å². The Bertz CT molecular complexity index is 1910. The highest BCUT2D eigenvalue weighted by Crippen LogP contribution is 2.49. The van der Waals surface area contributed by atoms with Crippen LogP contribution in [0, 0.1) is 23.2 Å². The van der Waals surface area contributed by atoms with Crippen LogP contribution in [0.15, 0.2) is 54.7 Å². The van der Waals surface area contributed by atoms with Crippen LogP contribution in [0.5, 0.6) is 5.75 Å². The summed E-state index contributed by atoms with van der Waals surface area (Å²) in [6, 6.07) is 10.7. The molecule has 0 amide bonds. The van der Waals surface area contributed by atoms with E-state index in [1.165, 1.54) is 23.6 Å². The average molecular weight is 741 g/mol.